The third-order valence-electron chi connectivity index (χ3n) is 4.82. The SMILES string of the molecule is SCCOCCN(C1CCCCC1)C1CCCCC1. The summed E-state index contributed by atoms with van der Waals surface area (Å²) in [5.74, 6) is 0.840. The molecule has 112 valence electrons. The van der Waals surface area contributed by atoms with Crippen molar-refractivity contribution in [1.82, 2.24) is 4.90 Å². The van der Waals surface area contributed by atoms with Crippen LogP contribution in [0, 0.1) is 0 Å². The Morgan fingerprint density at radius 1 is 0.789 bits per heavy atom. The van der Waals surface area contributed by atoms with E-state index in [1.54, 1.807) is 0 Å². The molecule has 0 aromatic carbocycles. The summed E-state index contributed by atoms with van der Waals surface area (Å²) in [5, 5.41) is 0. The summed E-state index contributed by atoms with van der Waals surface area (Å²) in [5.41, 5.74) is 0. The third kappa shape index (κ3) is 5.28. The molecule has 0 amide bonds. The molecular weight excluding hydrogens is 254 g/mol. The van der Waals surface area contributed by atoms with E-state index >= 15 is 0 Å². The van der Waals surface area contributed by atoms with Crippen LogP contribution in [0.5, 0.6) is 0 Å². The molecule has 0 aromatic heterocycles. The third-order valence-corrected chi connectivity index (χ3v) is 5.00. The molecule has 2 nitrogen and oxygen atoms in total. The predicted molar refractivity (Wildman–Crippen MR) is 85.1 cm³/mol. The van der Waals surface area contributed by atoms with Crippen molar-refractivity contribution in [3.05, 3.63) is 0 Å². The normalized spacial score (nSPS) is 23.1. The van der Waals surface area contributed by atoms with E-state index in [9.17, 15) is 0 Å². The van der Waals surface area contributed by atoms with E-state index in [4.69, 9.17) is 4.74 Å². The van der Waals surface area contributed by atoms with Gasteiger partial charge in [-0.1, -0.05) is 38.5 Å². The first kappa shape index (κ1) is 15.7. The van der Waals surface area contributed by atoms with Crippen molar-refractivity contribution >= 4 is 12.6 Å². The van der Waals surface area contributed by atoms with E-state index in [0.29, 0.717) is 0 Å². The fraction of sp³-hybridized carbons (Fsp3) is 1.00. The van der Waals surface area contributed by atoms with Crippen molar-refractivity contribution in [1.29, 1.82) is 0 Å². The van der Waals surface area contributed by atoms with Crippen LogP contribution in [0.2, 0.25) is 0 Å². The largest absolute Gasteiger partial charge is 0.379 e. The lowest BCUT2D eigenvalue weighted by Crippen LogP contribution is -2.46. The van der Waals surface area contributed by atoms with Gasteiger partial charge in [-0.3, -0.25) is 4.90 Å². The van der Waals surface area contributed by atoms with Crippen LogP contribution in [0.15, 0.2) is 0 Å². The molecule has 0 heterocycles. The van der Waals surface area contributed by atoms with Crippen LogP contribution in [0.4, 0.5) is 0 Å². The van der Waals surface area contributed by atoms with Crippen LogP contribution in [0.25, 0.3) is 0 Å². The minimum Gasteiger partial charge on any atom is -0.379 e. The fourth-order valence-electron chi connectivity index (χ4n) is 3.83. The summed E-state index contributed by atoms with van der Waals surface area (Å²) in [4.78, 5) is 2.82. The molecule has 0 N–H and O–H groups in total. The number of rotatable bonds is 7. The molecule has 0 saturated heterocycles. The second-order valence-corrected chi connectivity index (χ2v) is 6.60. The Balaban J connectivity index is 1.83. The van der Waals surface area contributed by atoms with Crippen molar-refractivity contribution in [3.63, 3.8) is 0 Å². The quantitative estimate of drug-likeness (QED) is 0.562. The van der Waals surface area contributed by atoms with Crippen LogP contribution < -0.4 is 0 Å². The van der Waals surface area contributed by atoms with E-state index in [2.05, 4.69) is 17.5 Å². The first-order valence-electron chi connectivity index (χ1n) is 8.36. The van der Waals surface area contributed by atoms with Crippen LogP contribution in [-0.2, 0) is 4.74 Å². The second kappa shape index (κ2) is 9.25. The Hall–Kier alpha value is 0.270. The first-order chi connectivity index (χ1) is 9.42. The van der Waals surface area contributed by atoms with E-state index < -0.39 is 0 Å². The number of ether oxygens (including phenoxy) is 1. The Morgan fingerprint density at radius 3 is 1.79 bits per heavy atom. The van der Waals surface area contributed by atoms with Crippen LogP contribution >= 0.6 is 12.6 Å². The summed E-state index contributed by atoms with van der Waals surface area (Å²) in [6, 6.07) is 1.69. The molecule has 19 heavy (non-hydrogen) atoms. The highest BCUT2D eigenvalue weighted by molar-refractivity contribution is 7.80. The van der Waals surface area contributed by atoms with Crippen molar-refractivity contribution < 1.29 is 4.74 Å². The fourth-order valence-corrected chi connectivity index (χ4v) is 3.95. The second-order valence-electron chi connectivity index (χ2n) is 6.16. The smallest absolute Gasteiger partial charge is 0.0594 e. The number of nitrogens with zero attached hydrogens (tertiary/aromatic N) is 1. The molecule has 2 aliphatic rings. The summed E-state index contributed by atoms with van der Waals surface area (Å²) >= 11 is 4.21. The predicted octanol–water partition coefficient (Wildman–Crippen LogP) is 3.90. The lowest BCUT2D eigenvalue weighted by Gasteiger charge is -2.41. The van der Waals surface area contributed by atoms with E-state index in [1.807, 2.05) is 0 Å². The number of hydrogen-bond acceptors (Lipinski definition) is 3. The van der Waals surface area contributed by atoms with Gasteiger partial charge >= 0.3 is 0 Å². The van der Waals surface area contributed by atoms with Crippen LogP contribution in [-0.4, -0.2) is 42.5 Å². The lowest BCUT2D eigenvalue weighted by atomic mass is 9.88. The average Bonchev–Trinajstić information content (AvgIpc) is 2.49. The van der Waals surface area contributed by atoms with Gasteiger partial charge in [-0.25, -0.2) is 0 Å². The zero-order valence-electron chi connectivity index (χ0n) is 12.4. The summed E-state index contributed by atoms with van der Waals surface area (Å²) < 4.78 is 5.68. The number of hydrogen-bond donors (Lipinski definition) is 1. The van der Waals surface area contributed by atoms with Gasteiger partial charge in [-0.05, 0) is 25.7 Å². The molecule has 2 fully saturated rings. The molecular formula is C16H31NOS. The van der Waals surface area contributed by atoms with Crippen molar-refractivity contribution in [2.45, 2.75) is 76.3 Å². The number of thiol groups is 1. The topological polar surface area (TPSA) is 12.5 Å². The average molecular weight is 285 g/mol. The van der Waals surface area contributed by atoms with Gasteiger partial charge in [0.2, 0.25) is 0 Å². The molecule has 2 saturated carbocycles. The molecule has 0 aromatic rings. The maximum Gasteiger partial charge on any atom is 0.0594 e. The molecule has 0 unspecified atom stereocenters. The lowest BCUT2D eigenvalue weighted by molar-refractivity contribution is 0.0417. The Labute approximate surface area is 124 Å². The van der Waals surface area contributed by atoms with Crippen LogP contribution in [0.1, 0.15) is 64.2 Å². The zero-order chi connectivity index (χ0) is 13.3. The zero-order valence-corrected chi connectivity index (χ0v) is 13.3. The van der Waals surface area contributed by atoms with Gasteiger partial charge in [0.15, 0.2) is 0 Å². The van der Waals surface area contributed by atoms with Crippen molar-refractivity contribution in [3.8, 4) is 0 Å². The molecule has 3 heteroatoms. The standard InChI is InChI=1S/C16H31NOS/c19-14-13-18-12-11-17(15-7-3-1-4-8-15)16-9-5-2-6-10-16/h15-16,19H,1-14H2. The highest BCUT2D eigenvalue weighted by atomic mass is 32.1. The monoisotopic (exact) mass is 285 g/mol. The van der Waals surface area contributed by atoms with Crippen molar-refractivity contribution in [2.75, 3.05) is 25.5 Å². The van der Waals surface area contributed by atoms with Crippen molar-refractivity contribution in [2.24, 2.45) is 0 Å². The Morgan fingerprint density at radius 2 is 1.32 bits per heavy atom. The first-order valence-corrected chi connectivity index (χ1v) is 8.99. The van der Waals surface area contributed by atoms with E-state index in [1.165, 1.54) is 64.2 Å². The minimum absolute atomic E-state index is 0.798. The molecule has 2 aliphatic carbocycles. The Kier molecular flexibility index (Phi) is 7.62. The van der Waals surface area contributed by atoms with E-state index in [-0.39, 0.29) is 0 Å². The van der Waals surface area contributed by atoms with Gasteiger partial charge in [-0.2, -0.15) is 12.6 Å². The maximum atomic E-state index is 5.68. The highest BCUT2D eigenvalue weighted by Gasteiger charge is 2.28. The molecule has 0 atom stereocenters. The maximum absolute atomic E-state index is 5.68. The van der Waals surface area contributed by atoms with E-state index in [0.717, 1.165) is 37.6 Å². The molecule has 0 radical (unpaired) electrons. The van der Waals surface area contributed by atoms with Crippen LogP contribution in [0.3, 0.4) is 0 Å². The van der Waals surface area contributed by atoms with Gasteiger partial charge in [0, 0.05) is 24.4 Å². The summed E-state index contributed by atoms with van der Waals surface area (Å²) in [7, 11) is 0. The molecule has 0 aliphatic heterocycles. The van der Waals surface area contributed by atoms with Gasteiger partial charge in [0.05, 0.1) is 13.2 Å². The molecule has 2 rings (SSSR count). The highest BCUT2D eigenvalue weighted by Crippen LogP contribution is 2.29. The van der Waals surface area contributed by atoms with Gasteiger partial charge in [-0.15, -0.1) is 0 Å². The molecule has 0 bridgehead atoms. The van der Waals surface area contributed by atoms with Gasteiger partial charge in [0.25, 0.3) is 0 Å². The summed E-state index contributed by atoms with van der Waals surface area (Å²) in [6.07, 6.45) is 14.3. The van der Waals surface area contributed by atoms with Gasteiger partial charge < -0.3 is 4.74 Å². The molecule has 0 spiro atoms. The Bertz CT molecular complexity index is 207. The summed E-state index contributed by atoms with van der Waals surface area (Å²) in [6.45, 7) is 2.84. The van der Waals surface area contributed by atoms with Gasteiger partial charge in [0.1, 0.15) is 0 Å². The minimum atomic E-state index is 0.798.